The van der Waals surface area contributed by atoms with E-state index < -0.39 is 5.97 Å². The van der Waals surface area contributed by atoms with E-state index in [0.717, 1.165) is 33.6 Å². The third kappa shape index (κ3) is 3.75. The van der Waals surface area contributed by atoms with Gasteiger partial charge in [0.25, 0.3) is 0 Å². The summed E-state index contributed by atoms with van der Waals surface area (Å²) in [7, 11) is 1.66. The van der Waals surface area contributed by atoms with Crippen molar-refractivity contribution in [2.75, 3.05) is 7.11 Å². The molecule has 0 atom stereocenters. The standard InChI is InChI=1S/C18H24O3/c1-7-15(18(19)20)11(2)8-9-16-12(3)10-17(21-6)14(5)13(16)4/h8-10H,7H2,1-6H3,(H,19,20)/p-1. The van der Waals surface area contributed by atoms with Gasteiger partial charge in [0.05, 0.1) is 13.1 Å². The first-order valence-corrected chi connectivity index (χ1v) is 7.07. The van der Waals surface area contributed by atoms with Gasteiger partial charge in [0, 0.05) is 0 Å². The number of carboxylic acids is 1. The number of allylic oxidation sites excluding steroid dienone is 2. The van der Waals surface area contributed by atoms with Crippen LogP contribution in [0.25, 0.3) is 6.08 Å². The van der Waals surface area contributed by atoms with Gasteiger partial charge < -0.3 is 14.6 Å². The molecule has 0 aliphatic carbocycles. The molecule has 0 saturated heterocycles. The Morgan fingerprint density at radius 3 is 2.38 bits per heavy atom. The first kappa shape index (κ1) is 17.0. The summed E-state index contributed by atoms with van der Waals surface area (Å²) >= 11 is 0. The fourth-order valence-corrected chi connectivity index (χ4v) is 2.43. The van der Waals surface area contributed by atoms with Crippen LogP contribution in [-0.2, 0) is 4.79 Å². The molecule has 0 N–H and O–H groups in total. The van der Waals surface area contributed by atoms with Crippen LogP contribution in [0, 0.1) is 20.8 Å². The number of carboxylic acid groups (broad SMARTS) is 1. The van der Waals surface area contributed by atoms with Crippen LogP contribution in [0.2, 0.25) is 0 Å². The highest BCUT2D eigenvalue weighted by Gasteiger charge is 2.08. The average Bonchev–Trinajstić information content (AvgIpc) is 2.43. The molecule has 1 aromatic rings. The summed E-state index contributed by atoms with van der Waals surface area (Å²) in [5, 5.41) is 11.0. The number of aliphatic carboxylic acids is 1. The van der Waals surface area contributed by atoms with Crippen molar-refractivity contribution in [2.24, 2.45) is 0 Å². The second-order valence-corrected chi connectivity index (χ2v) is 5.20. The Hall–Kier alpha value is -2.03. The topological polar surface area (TPSA) is 49.4 Å². The third-order valence-corrected chi connectivity index (χ3v) is 3.90. The number of hydrogen-bond donors (Lipinski definition) is 0. The Bertz CT molecular complexity index is 607. The summed E-state index contributed by atoms with van der Waals surface area (Å²) in [5.74, 6) is -0.225. The van der Waals surface area contributed by atoms with Gasteiger partial charge in [-0.2, -0.15) is 0 Å². The van der Waals surface area contributed by atoms with Gasteiger partial charge in [-0.1, -0.05) is 19.1 Å². The van der Waals surface area contributed by atoms with Gasteiger partial charge in [-0.15, -0.1) is 0 Å². The van der Waals surface area contributed by atoms with Gasteiger partial charge in [0.2, 0.25) is 0 Å². The molecule has 0 saturated carbocycles. The van der Waals surface area contributed by atoms with Crippen molar-refractivity contribution in [2.45, 2.75) is 41.0 Å². The molecule has 0 heterocycles. The molecule has 21 heavy (non-hydrogen) atoms. The number of rotatable bonds is 5. The molecular weight excluding hydrogens is 264 g/mol. The number of carbonyl (C=O) groups excluding carboxylic acids is 1. The lowest BCUT2D eigenvalue weighted by Crippen LogP contribution is -2.24. The summed E-state index contributed by atoms with van der Waals surface area (Å²) in [6, 6.07) is 2.00. The maximum atomic E-state index is 11.0. The van der Waals surface area contributed by atoms with E-state index in [1.807, 2.05) is 45.9 Å². The Balaban J connectivity index is 3.29. The molecule has 0 spiro atoms. The van der Waals surface area contributed by atoms with E-state index in [2.05, 4.69) is 0 Å². The highest BCUT2D eigenvalue weighted by atomic mass is 16.5. The summed E-state index contributed by atoms with van der Waals surface area (Å²) in [5.41, 5.74) is 5.51. The van der Waals surface area contributed by atoms with E-state index in [4.69, 9.17) is 4.74 Å². The second kappa shape index (κ2) is 7.11. The van der Waals surface area contributed by atoms with Crippen molar-refractivity contribution in [1.82, 2.24) is 0 Å². The quantitative estimate of drug-likeness (QED) is 0.617. The van der Waals surface area contributed by atoms with Gasteiger partial charge in [0.15, 0.2) is 0 Å². The average molecular weight is 287 g/mol. The lowest BCUT2D eigenvalue weighted by Gasteiger charge is -2.14. The molecule has 0 amide bonds. The van der Waals surface area contributed by atoms with Crippen molar-refractivity contribution in [3.05, 3.63) is 45.5 Å². The van der Waals surface area contributed by atoms with Gasteiger partial charge in [-0.05, 0) is 73.6 Å². The third-order valence-electron chi connectivity index (χ3n) is 3.90. The molecule has 0 unspecified atom stereocenters. The van der Waals surface area contributed by atoms with Crippen LogP contribution in [0.5, 0.6) is 5.75 Å². The molecule has 1 aromatic carbocycles. The minimum atomic E-state index is -1.10. The predicted molar refractivity (Wildman–Crippen MR) is 84.2 cm³/mol. The molecule has 1 rings (SSSR count). The molecule has 0 aliphatic rings. The Morgan fingerprint density at radius 1 is 1.29 bits per heavy atom. The molecule has 3 nitrogen and oxygen atoms in total. The van der Waals surface area contributed by atoms with E-state index >= 15 is 0 Å². The van der Waals surface area contributed by atoms with Crippen molar-refractivity contribution < 1.29 is 14.6 Å². The molecule has 0 bridgehead atoms. The van der Waals surface area contributed by atoms with E-state index in [-0.39, 0.29) is 0 Å². The van der Waals surface area contributed by atoms with E-state index in [1.54, 1.807) is 14.0 Å². The SMILES string of the molecule is CCC(C(=O)[O-])=C(C)C=Cc1c(C)cc(OC)c(C)c1C. The van der Waals surface area contributed by atoms with Crippen molar-refractivity contribution in [3.8, 4) is 5.75 Å². The van der Waals surface area contributed by atoms with Crippen LogP contribution in [0.4, 0.5) is 0 Å². The number of hydrogen-bond acceptors (Lipinski definition) is 3. The zero-order chi connectivity index (χ0) is 16.2. The Morgan fingerprint density at radius 2 is 1.90 bits per heavy atom. The van der Waals surface area contributed by atoms with Crippen LogP contribution in [0.1, 0.15) is 42.5 Å². The molecule has 0 aromatic heterocycles. The fraction of sp³-hybridized carbons (Fsp3) is 0.389. The molecule has 114 valence electrons. The van der Waals surface area contributed by atoms with Crippen molar-refractivity contribution >= 4 is 12.0 Å². The summed E-state index contributed by atoms with van der Waals surface area (Å²) in [4.78, 5) is 11.0. The largest absolute Gasteiger partial charge is 0.545 e. The van der Waals surface area contributed by atoms with Gasteiger partial charge in [-0.3, -0.25) is 0 Å². The highest BCUT2D eigenvalue weighted by Crippen LogP contribution is 2.28. The van der Waals surface area contributed by atoms with E-state index in [1.165, 1.54) is 0 Å². The van der Waals surface area contributed by atoms with E-state index in [0.29, 0.717) is 12.0 Å². The van der Waals surface area contributed by atoms with Crippen LogP contribution in [0.15, 0.2) is 23.3 Å². The maximum Gasteiger partial charge on any atom is 0.122 e. The van der Waals surface area contributed by atoms with E-state index in [9.17, 15) is 9.90 Å². The van der Waals surface area contributed by atoms with Crippen LogP contribution in [-0.4, -0.2) is 13.1 Å². The van der Waals surface area contributed by atoms with Gasteiger partial charge in [0.1, 0.15) is 5.75 Å². The van der Waals surface area contributed by atoms with Crippen molar-refractivity contribution in [3.63, 3.8) is 0 Å². The normalized spacial score (nSPS) is 12.5. The van der Waals surface area contributed by atoms with Crippen LogP contribution in [0.3, 0.4) is 0 Å². The number of methoxy groups -OCH3 is 1. The number of carbonyl (C=O) groups is 1. The monoisotopic (exact) mass is 287 g/mol. The minimum Gasteiger partial charge on any atom is -0.545 e. The molecular formula is C18H23O3-. The number of benzene rings is 1. The lowest BCUT2D eigenvalue weighted by atomic mass is 9.96. The maximum absolute atomic E-state index is 11.0. The van der Waals surface area contributed by atoms with Gasteiger partial charge in [-0.25, -0.2) is 0 Å². The predicted octanol–water partition coefficient (Wildman–Crippen LogP) is 3.11. The lowest BCUT2D eigenvalue weighted by molar-refractivity contribution is -0.299. The molecule has 3 heteroatoms. The minimum absolute atomic E-state index is 0.340. The molecule has 0 fully saturated rings. The fourth-order valence-electron chi connectivity index (χ4n) is 2.43. The summed E-state index contributed by atoms with van der Waals surface area (Å²) in [6.07, 6.45) is 4.26. The molecule has 0 aliphatic heterocycles. The van der Waals surface area contributed by atoms with Gasteiger partial charge >= 0.3 is 0 Å². The highest BCUT2D eigenvalue weighted by molar-refractivity contribution is 5.86. The Labute approximate surface area is 127 Å². The molecule has 0 radical (unpaired) electrons. The smallest absolute Gasteiger partial charge is 0.122 e. The summed E-state index contributed by atoms with van der Waals surface area (Å²) in [6.45, 7) is 9.70. The van der Waals surface area contributed by atoms with Crippen molar-refractivity contribution in [1.29, 1.82) is 0 Å². The number of ether oxygens (including phenoxy) is 1. The first-order chi connectivity index (χ1) is 9.83. The van der Waals surface area contributed by atoms with Crippen LogP contribution >= 0.6 is 0 Å². The van der Waals surface area contributed by atoms with Crippen LogP contribution < -0.4 is 9.84 Å². The summed E-state index contributed by atoms with van der Waals surface area (Å²) < 4.78 is 5.35. The second-order valence-electron chi connectivity index (χ2n) is 5.20. The number of aryl methyl sites for hydroxylation is 1. The first-order valence-electron chi connectivity index (χ1n) is 7.07. The zero-order valence-corrected chi connectivity index (χ0v) is 13.7. The zero-order valence-electron chi connectivity index (χ0n) is 13.7. The Kier molecular flexibility index (Phi) is 5.77.